The van der Waals surface area contributed by atoms with Gasteiger partial charge in [-0.1, -0.05) is 106 Å². The maximum Gasteiger partial charge on any atom is 0.193 e. The normalized spacial score (nSPS) is 12.6. The van der Waals surface area contributed by atoms with Gasteiger partial charge in [-0.2, -0.15) is 0 Å². The van der Waals surface area contributed by atoms with Crippen LogP contribution in [0.5, 0.6) is 0 Å². The van der Waals surface area contributed by atoms with E-state index in [-0.39, 0.29) is 18.0 Å². The fourth-order valence-electron chi connectivity index (χ4n) is 3.02. The molecule has 0 aromatic heterocycles. The van der Waals surface area contributed by atoms with Crippen LogP contribution in [-0.4, -0.2) is 28.2 Å². The highest BCUT2D eigenvalue weighted by Crippen LogP contribution is 2.11. The van der Waals surface area contributed by atoms with Gasteiger partial charge in [0.2, 0.25) is 0 Å². The van der Waals surface area contributed by atoms with Crippen molar-refractivity contribution in [3.05, 3.63) is 71.8 Å². The molecule has 0 radical (unpaired) electrons. The van der Waals surface area contributed by atoms with Gasteiger partial charge >= 0.3 is 0 Å². The highest BCUT2D eigenvalue weighted by Gasteiger charge is 2.07. The number of unbranched alkanes of at least 4 members (excludes halogenated alkanes) is 5. The maximum absolute atomic E-state index is 11.8. The van der Waals surface area contributed by atoms with E-state index in [1.165, 1.54) is 32.1 Å². The fraction of sp³-hybridized carbons (Fsp3) is 0.480. The third kappa shape index (κ3) is 11.0. The molecular formula is C25H36O3. The van der Waals surface area contributed by atoms with Crippen LogP contribution < -0.4 is 0 Å². The minimum atomic E-state index is -0.370. The molecule has 0 spiro atoms. The summed E-state index contributed by atoms with van der Waals surface area (Å²) in [6, 6.07) is 18.6. The van der Waals surface area contributed by atoms with E-state index < -0.39 is 0 Å². The number of hydrogen-bond acceptors (Lipinski definition) is 3. The average molecular weight is 385 g/mol. The number of carbonyl (C=O) groups excluding carboxylic acids is 1. The van der Waals surface area contributed by atoms with Crippen LogP contribution >= 0.6 is 0 Å². The zero-order valence-electron chi connectivity index (χ0n) is 17.4. The van der Waals surface area contributed by atoms with E-state index in [1.54, 1.807) is 6.92 Å². The molecule has 0 aliphatic carbocycles. The van der Waals surface area contributed by atoms with Crippen LogP contribution in [0.4, 0.5) is 0 Å². The van der Waals surface area contributed by atoms with Crippen molar-refractivity contribution in [2.75, 3.05) is 0 Å². The molecule has 154 valence electrons. The van der Waals surface area contributed by atoms with Crippen LogP contribution in [0.2, 0.25) is 0 Å². The van der Waals surface area contributed by atoms with Crippen LogP contribution in [0.25, 0.3) is 0 Å². The van der Waals surface area contributed by atoms with Crippen molar-refractivity contribution in [1.82, 2.24) is 0 Å². The second-order valence-corrected chi connectivity index (χ2v) is 7.36. The Balaban J connectivity index is 0.000000280. The van der Waals surface area contributed by atoms with Gasteiger partial charge in [-0.15, -0.1) is 0 Å². The first-order chi connectivity index (χ1) is 13.5. The van der Waals surface area contributed by atoms with Gasteiger partial charge in [-0.25, -0.2) is 0 Å². The first-order valence-corrected chi connectivity index (χ1v) is 10.6. The lowest BCUT2D eigenvalue weighted by molar-refractivity contribution is 0.0834. The molecule has 0 heterocycles. The van der Waals surface area contributed by atoms with E-state index in [1.807, 2.05) is 60.7 Å². The quantitative estimate of drug-likeness (QED) is 0.381. The minimum absolute atomic E-state index is 0.0752. The molecule has 2 unspecified atom stereocenters. The molecule has 2 atom stereocenters. The molecule has 0 aliphatic heterocycles. The Morgan fingerprint density at radius 1 is 0.786 bits per heavy atom. The fourth-order valence-corrected chi connectivity index (χ4v) is 3.02. The van der Waals surface area contributed by atoms with Gasteiger partial charge in [0.15, 0.2) is 5.78 Å². The number of aliphatic hydroxyl groups is 2. The lowest BCUT2D eigenvalue weighted by Gasteiger charge is -2.11. The molecule has 0 amide bonds. The van der Waals surface area contributed by atoms with Gasteiger partial charge in [0.05, 0.1) is 12.2 Å². The SMILES string of the molecule is CCCCCCCCC(O)CC(C)O.O=C(c1ccccc1)c1ccccc1. The van der Waals surface area contributed by atoms with Crippen LogP contribution in [0.1, 0.15) is 81.1 Å². The van der Waals surface area contributed by atoms with Crippen molar-refractivity contribution < 1.29 is 15.0 Å². The number of aliphatic hydroxyl groups excluding tert-OH is 2. The average Bonchev–Trinajstić information content (AvgIpc) is 2.71. The lowest BCUT2D eigenvalue weighted by atomic mass is 10.0. The lowest BCUT2D eigenvalue weighted by Crippen LogP contribution is -2.14. The zero-order chi connectivity index (χ0) is 20.6. The van der Waals surface area contributed by atoms with Crippen LogP contribution in [0.3, 0.4) is 0 Å². The van der Waals surface area contributed by atoms with Crippen molar-refractivity contribution in [2.45, 2.75) is 77.4 Å². The molecule has 0 bridgehead atoms. The number of hydrogen-bond donors (Lipinski definition) is 2. The van der Waals surface area contributed by atoms with Crippen molar-refractivity contribution in [2.24, 2.45) is 0 Å². The molecule has 2 rings (SSSR count). The predicted octanol–water partition coefficient (Wildman–Crippen LogP) is 5.79. The summed E-state index contributed by atoms with van der Waals surface area (Å²) in [6.07, 6.45) is 8.23. The molecule has 2 aromatic rings. The van der Waals surface area contributed by atoms with Gasteiger partial charge in [0.25, 0.3) is 0 Å². The van der Waals surface area contributed by atoms with E-state index in [9.17, 15) is 9.90 Å². The Morgan fingerprint density at radius 3 is 1.71 bits per heavy atom. The second kappa shape index (κ2) is 15.0. The number of ketones is 1. The molecular weight excluding hydrogens is 348 g/mol. The third-order valence-corrected chi connectivity index (χ3v) is 4.58. The summed E-state index contributed by atoms with van der Waals surface area (Å²) in [4.78, 5) is 11.8. The molecule has 28 heavy (non-hydrogen) atoms. The molecule has 0 fully saturated rings. The van der Waals surface area contributed by atoms with Crippen LogP contribution in [0.15, 0.2) is 60.7 Å². The van der Waals surface area contributed by atoms with Crippen molar-refractivity contribution >= 4 is 5.78 Å². The van der Waals surface area contributed by atoms with Gasteiger partial charge in [0.1, 0.15) is 0 Å². The minimum Gasteiger partial charge on any atom is -0.393 e. The summed E-state index contributed by atoms with van der Waals surface area (Å²) in [6.45, 7) is 3.94. The smallest absolute Gasteiger partial charge is 0.193 e. The van der Waals surface area contributed by atoms with E-state index in [0.717, 1.165) is 24.0 Å². The van der Waals surface area contributed by atoms with E-state index >= 15 is 0 Å². The molecule has 3 nitrogen and oxygen atoms in total. The van der Waals surface area contributed by atoms with E-state index in [0.29, 0.717) is 6.42 Å². The Kier molecular flexibility index (Phi) is 12.9. The topological polar surface area (TPSA) is 57.5 Å². The van der Waals surface area contributed by atoms with Crippen molar-refractivity contribution in [1.29, 1.82) is 0 Å². The standard InChI is InChI=1S/C13H10O.C12H26O2/c14-13(11-7-3-1-4-8-11)12-9-5-2-6-10-12;1-3-4-5-6-7-8-9-12(14)10-11(2)13/h1-10H;11-14H,3-10H2,1-2H3. The first kappa shape index (κ1) is 24.1. The molecule has 0 saturated carbocycles. The largest absolute Gasteiger partial charge is 0.393 e. The van der Waals surface area contributed by atoms with E-state index in [2.05, 4.69) is 6.92 Å². The first-order valence-electron chi connectivity index (χ1n) is 10.6. The highest BCUT2D eigenvalue weighted by atomic mass is 16.3. The summed E-state index contributed by atoms with van der Waals surface area (Å²) >= 11 is 0. The molecule has 0 saturated heterocycles. The van der Waals surface area contributed by atoms with Gasteiger partial charge in [-0.3, -0.25) is 4.79 Å². The maximum atomic E-state index is 11.8. The van der Waals surface area contributed by atoms with Crippen LogP contribution in [0, 0.1) is 0 Å². The van der Waals surface area contributed by atoms with Crippen molar-refractivity contribution in [3.63, 3.8) is 0 Å². The summed E-state index contributed by atoms with van der Waals surface area (Å²) in [5.41, 5.74) is 1.47. The molecule has 2 aromatic carbocycles. The predicted molar refractivity (Wildman–Crippen MR) is 117 cm³/mol. The van der Waals surface area contributed by atoms with Crippen molar-refractivity contribution in [3.8, 4) is 0 Å². The summed E-state index contributed by atoms with van der Waals surface area (Å²) in [5.74, 6) is 0.0752. The Bertz CT molecular complexity index is 581. The number of benzene rings is 2. The summed E-state index contributed by atoms with van der Waals surface area (Å²) in [5, 5.41) is 18.5. The monoisotopic (exact) mass is 384 g/mol. The summed E-state index contributed by atoms with van der Waals surface area (Å²) < 4.78 is 0. The highest BCUT2D eigenvalue weighted by molar-refractivity contribution is 6.08. The third-order valence-electron chi connectivity index (χ3n) is 4.58. The molecule has 3 heteroatoms. The van der Waals surface area contributed by atoms with Gasteiger partial charge in [0, 0.05) is 11.1 Å². The van der Waals surface area contributed by atoms with Crippen LogP contribution in [-0.2, 0) is 0 Å². The molecule has 2 N–H and O–H groups in total. The second-order valence-electron chi connectivity index (χ2n) is 7.36. The van der Waals surface area contributed by atoms with Gasteiger partial charge in [-0.05, 0) is 19.8 Å². The Labute approximate surface area is 170 Å². The Morgan fingerprint density at radius 2 is 1.25 bits per heavy atom. The number of rotatable bonds is 11. The summed E-state index contributed by atoms with van der Waals surface area (Å²) in [7, 11) is 0. The van der Waals surface area contributed by atoms with E-state index in [4.69, 9.17) is 5.11 Å². The Hall–Kier alpha value is -1.97. The molecule has 0 aliphatic rings. The van der Waals surface area contributed by atoms with Gasteiger partial charge < -0.3 is 10.2 Å². The number of carbonyl (C=O) groups is 1. The zero-order valence-corrected chi connectivity index (χ0v) is 17.4.